The van der Waals surface area contributed by atoms with Crippen LogP contribution < -0.4 is 10.2 Å². The Morgan fingerprint density at radius 2 is 1.83 bits per heavy atom. The van der Waals surface area contributed by atoms with E-state index in [1.165, 1.54) is 24.0 Å². The van der Waals surface area contributed by atoms with Crippen molar-refractivity contribution in [2.24, 2.45) is 5.41 Å². The summed E-state index contributed by atoms with van der Waals surface area (Å²) >= 11 is 1.35. The summed E-state index contributed by atoms with van der Waals surface area (Å²) in [7, 11) is 0. The van der Waals surface area contributed by atoms with E-state index in [1.54, 1.807) is 24.8 Å². The first-order valence-electron chi connectivity index (χ1n) is 18.7. The van der Waals surface area contributed by atoms with Gasteiger partial charge >= 0.3 is 0 Å². The Hall–Kier alpha value is -4.75. The van der Waals surface area contributed by atoms with E-state index in [1.807, 2.05) is 27.0 Å². The van der Waals surface area contributed by atoms with Gasteiger partial charge in [-0.25, -0.2) is 19.3 Å². The van der Waals surface area contributed by atoms with Crippen LogP contribution >= 0.6 is 11.3 Å². The molecule has 3 fully saturated rings. The molecule has 5 aromatic rings. The zero-order valence-corrected chi connectivity index (χ0v) is 31.4. The molecule has 0 bridgehead atoms. The van der Waals surface area contributed by atoms with Crippen LogP contribution in [0, 0.1) is 11.2 Å². The zero-order chi connectivity index (χ0) is 36.6. The number of amides is 2. The van der Waals surface area contributed by atoms with Crippen LogP contribution in [-0.4, -0.2) is 84.4 Å². The number of aromatic nitrogens is 5. The molecule has 9 rings (SSSR count). The first-order valence-corrected chi connectivity index (χ1v) is 19.5. The Bertz CT molecular complexity index is 2220. The Labute approximate surface area is 312 Å². The van der Waals surface area contributed by atoms with Crippen molar-refractivity contribution in [2.75, 3.05) is 36.4 Å². The molecule has 0 atom stereocenters. The number of thiazole rings is 1. The Morgan fingerprint density at radius 1 is 1.02 bits per heavy atom. The molecule has 2 amide bonds. The smallest absolute Gasteiger partial charge is 0.282 e. The molecule has 7 heterocycles. The molecule has 0 radical (unpaired) electrons. The lowest BCUT2D eigenvalue weighted by molar-refractivity contribution is -0.125. The molecule has 3 aliphatic heterocycles. The highest BCUT2D eigenvalue weighted by Crippen LogP contribution is 2.52. The number of imidazole rings is 1. The fourth-order valence-electron chi connectivity index (χ4n) is 8.98. The van der Waals surface area contributed by atoms with E-state index in [9.17, 15) is 14.0 Å². The van der Waals surface area contributed by atoms with Gasteiger partial charge in [-0.2, -0.15) is 0 Å². The molecule has 2 saturated heterocycles. The van der Waals surface area contributed by atoms with Gasteiger partial charge in [0.2, 0.25) is 5.91 Å². The highest BCUT2D eigenvalue weighted by atomic mass is 32.1. The van der Waals surface area contributed by atoms with Gasteiger partial charge in [-0.3, -0.25) is 19.5 Å². The summed E-state index contributed by atoms with van der Waals surface area (Å²) in [5.41, 5.74) is 4.89. The van der Waals surface area contributed by atoms with Crippen molar-refractivity contribution >= 4 is 51.4 Å². The second-order valence-corrected chi connectivity index (χ2v) is 17.1. The van der Waals surface area contributed by atoms with Gasteiger partial charge in [0.25, 0.3) is 5.91 Å². The van der Waals surface area contributed by atoms with Crippen LogP contribution in [0.4, 0.5) is 21.6 Å². The van der Waals surface area contributed by atoms with E-state index in [4.69, 9.17) is 9.97 Å². The molecule has 1 aliphatic carbocycles. The number of pyridine rings is 2. The van der Waals surface area contributed by atoms with Crippen molar-refractivity contribution in [1.82, 2.24) is 34.3 Å². The fourth-order valence-corrected chi connectivity index (χ4v) is 9.58. The Balaban J connectivity index is 1.09. The third-order valence-electron chi connectivity index (χ3n) is 12.0. The van der Waals surface area contributed by atoms with Crippen LogP contribution in [0.1, 0.15) is 81.2 Å². The Kier molecular flexibility index (Phi) is 8.15. The predicted molar refractivity (Wildman–Crippen MR) is 204 cm³/mol. The third-order valence-corrected chi connectivity index (χ3v) is 12.8. The van der Waals surface area contributed by atoms with Crippen LogP contribution in [0.25, 0.3) is 22.3 Å². The second-order valence-electron chi connectivity index (χ2n) is 16.2. The molecule has 4 aromatic heterocycles. The van der Waals surface area contributed by atoms with Crippen molar-refractivity contribution in [2.45, 2.75) is 83.3 Å². The van der Waals surface area contributed by atoms with E-state index in [2.05, 4.69) is 64.9 Å². The summed E-state index contributed by atoms with van der Waals surface area (Å²) in [5.74, 6) is 0.0915. The second kappa shape index (κ2) is 12.7. The molecule has 1 saturated carbocycles. The maximum Gasteiger partial charge on any atom is 0.282 e. The summed E-state index contributed by atoms with van der Waals surface area (Å²) < 4.78 is 16.9. The lowest BCUT2D eigenvalue weighted by atomic mass is 9.73. The number of hydrogen-bond acceptors (Lipinski definition) is 9. The van der Waals surface area contributed by atoms with Gasteiger partial charge in [0.05, 0.1) is 34.8 Å². The minimum absolute atomic E-state index is 0.0690. The minimum Gasteiger partial charge on any atom is -0.336 e. The minimum atomic E-state index is -0.701. The number of piperidine rings is 1. The van der Waals surface area contributed by atoms with Crippen LogP contribution in [0.15, 0.2) is 60.6 Å². The topological polar surface area (TPSA) is 112 Å². The van der Waals surface area contributed by atoms with E-state index < -0.39 is 11.2 Å². The van der Waals surface area contributed by atoms with Crippen molar-refractivity contribution in [3.05, 3.63) is 77.0 Å². The summed E-state index contributed by atoms with van der Waals surface area (Å²) in [6.45, 7) is 12.0. The van der Waals surface area contributed by atoms with Crippen molar-refractivity contribution < 1.29 is 14.0 Å². The third kappa shape index (κ3) is 5.70. The monoisotopic (exact) mass is 733 g/mol. The average Bonchev–Trinajstić information content (AvgIpc) is 3.93. The maximum absolute atomic E-state index is 14.9. The van der Waals surface area contributed by atoms with Gasteiger partial charge in [-0.1, -0.05) is 26.0 Å². The molecular formula is C40H44FN9O2S. The number of nitrogens with zero attached hydrogens (tertiary/aromatic N) is 8. The van der Waals surface area contributed by atoms with Gasteiger partial charge in [-0.15, -0.1) is 11.3 Å². The molecule has 53 heavy (non-hydrogen) atoms. The van der Waals surface area contributed by atoms with Crippen LogP contribution in [0.2, 0.25) is 0 Å². The molecule has 1 aromatic carbocycles. The largest absolute Gasteiger partial charge is 0.336 e. The molecule has 0 unspecified atom stereocenters. The van der Waals surface area contributed by atoms with E-state index in [0.29, 0.717) is 53.9 Å². The highest BCUT2D eigenvalue weighted by molar-refractivity contribution is 7.11. The predicted octanol–water partition coefficient (Wildman–Crippen LogP) is 7.20. The van der Waals surface area contributed by atoms with Crippen molar-refractivity contribution in [3.63, 3.8) is 0 Å². The number of anilines is 3. The van der Waals surface area contributed by atoms with E-state index in [-0.39, 0.29) is 29.6 Å². The number of carbonyl (C=O) groups excluding carboxylic acids is 2. The van der Waals surface area contributed by atoms with Gasteiger partial charge in [0.15, 0.2) is 16.6 Å². The first-order chi connectivity index (χ1) is 25.5. The number of likely N-dealkylation sites (tertiary alicyclic amines) is 2. The number of nitrogens with one attached hydrogen (secondary N) is 1. The van der Waals surface area contributed by atoms with Gasteiger partial charge < -0.3 is 19.7 Å². The number of fused-ring (bicyclic) bond motifs is 3. The maximum atomic E-state index is 14.9. The summed E-state index contributed by atoms with van der Waals surface area (Å²) in [5, 5.41) is 5.53. The van der Waals surface area contributed by atoms with Crippen LogP contribution in [0.5, 0.6) is 0 Å². The van der Waals surface area contributed by atoms with Gasteiger partial charge in [0.1, 0.15) is 5.52 Å². The van der Waals surface area contributed by atoms with Gasteiger partial charge in [0, 0.05) is 66.8 Å². The number of hydrogen-bond donors (Lipinski definition) is 1. The highest BCUT2D eigenvalue weighted by Gasteiger charge is 2.56. The number of benzene rings is 1. The average molecular weight is 734 g/mol. The lowest BCUT2D eigenvalue weighted by Crippen LogP contribution is -2.57. The Morgan fingerprint density at radius 3 is 2.53 bits per heavy atom. The fraction of sp³-hybridized carbons (Fsp3) is 0.450. The van der Waals surface area contributed by atoms with E-state index in [0.717, 1.165) is 53.8 Å². The van der Waals surface area contributed by atoms with Crippen molar-refractivity contribution in [1.29, 1.82) is 0 Å². The number of carbonyl (C=O) groups is 2. The quantitative estimate of drug-likeness (QED) is 0.187. The standard InChI is InChI=1S/C40H44FN9O2S/c1-24(2)49-23-44-32-20-31(46-35(34(32)49)45-30-7-11-42-21-29(30)41)25-5-6-28-33(17-25)50(27-18-26(19-27)48-13-8-39(3,4)22-48)38(52)40(28)9-14-47(15-10-40)37(51)36-43-12-16-53-36/h5-7,11-12,16-17,20-21,23-24,26-27H,8-10,13-15,18-19,22H2,1-4H3,(H,42,45,46)/t26-,27+. The molecule has 13 heteroatoms. The number of rotatable bonds is 7. The van der Waals surface area contributed by atoms with E-state index >= 15 is 0 Å². The van der Waals surface area contributed by atoms with Crippen LogP contribution in [0.3, 0.4) is 0 Å². The number of halogens is 1. The summed E-state index contributed by atoms with van der Waals surface area (Å²) in [4.78, 5) is 52.7. The molecule has 11 nitrogen and oxygen atoms in total. The zero-order valence-electron chi connectivity index (χ0n) is 30.5. The van der Waals surface area contributed by atoms with Gasteiger partial charge in [-0.05, 0) is 81.7 Å². The normalized spacial score (nSPS) is 22.2. The molecular weight excluding hydrogens is 690 g/mol. The molecule has 4 aliphatic rings. The van der Waals surface area contributed by atoms with Crippen LogP contribution in [-0.2, 0) is 10.2 Å². The van der Waals surface area contributed by atoms with Crippen molar-refractivity contribution in [3.8, 4) is 11.3 Å². The molecule has 1 N–H and O–H groups in total. The SMILES string of the molecule is CC(C)n1cnc2cc(-c3ccc4c(c3)N([C@H]3C[C@@H](N5CCC(C)(C)C5)C3)C(=O)C43CCN(C(=O)c4nccs4)CC3)nc(Nc3ccncc3F)c21. The molecule has 274 valence electrons. The first kappa shape index (κ1) is 34.0. The summed E-state index contributed by atoms with van der Waals surface area (Å²) in [6, 6.07) is 10.5. The lowest BCUT2D eigenvalue weighted by Gasteiger charge is -2.46. The summed E-state index contributed by atoms with van der Waals surface area (Å²) in [6.07, 6.45) is 10.4. The molecule has 1 spiro atoms.